The van der Waals surface area contributed by atoms with Gasteiger partial charge in [0.15, 0.2) is 11.9 Å². The van der Waals surface area contributed by atoms with E-state index >= 15 is 0 Å². The summed E-state index contributed by atoms with van der Waals surface area (Å²) < 4.78 is 15.4. The second-order valence-electron chi connectivity index (χ2n) is 5.61. The summed E-state index contributed by atoms with van der Waals surface area (Å²) in [7, 11) is 2.73. The first kappa shape index (κ1) is 18.1. The molecule has 27 heavy (non-hydrogen) atoms. The van der Waals surface area contributed by atoms with Gasteiger partial charge >= 0.3 is 5.97 Å². The second-order valence-corrected chi connectivity index (χ2v) is 5.61. The molecule has 1 atom stereocenters. The molecule has 1 aliphatic rings. The third-order valence-corrected chi connectivity index (χ3v) is 4.13. The van der Waals surface area contributed by atoms with Gasteiger partial charge in [-0.1, -0.05) is 12.1 Å². The summed E-state index contributed by atoms with van der Waals surface area (Å²) in [6.07, 6.45) is -1.23. The largest absolute Gasteiger partial charge is 0.497 e. The normalized spacial score (nSPS) is 16.1. The Morgan fingerprint density at radius 2 is 1.74 bits per heavy atom. The van der Waals surface area contributed by atoms with Crippen LogP contribution in [0.3, 0.4) is 0 Å². The number of hydrogen-bond acceptors (Lipinski definition) is 7. The molecule has 8 heteroatoms. The van der Waals surface area contributed by atoms with Gasteiger partial charge in [-0.25, -0.2) is 4.79 Å². The maximum absolute atomic E-state index is 13.0. The predicted octanol–water partition coefficient (Wildman–Crippen LogP) is 2.98. The molecule has 0 amide bonds. The molecule has 0 aliphatic carbocycles. The fourth-order valence-corrected chi connectivity index (χ4v) is 2.86. The van der Waals surface area contributed by atoms with Crippen molar-refractivity contribution in [2.45, 2.75) is 6.10 Å². The highest BCUT2D eigenvalue weighted by atomic mass is 16.6. The van der Waals surface area contributed by atoms with E-state index in [4.69, 9.17) is 14.2 Å². The number of esters is 1. The minimum absolute atomic E-state index is 0.0815. The maximum Gasteiger partial charge on any atom is 0.375 e. The molecule has 3 rings (SSSR count). The molecule has 1 unspecified atom stereocenters. The van der Waals surface area contributed by atoms with Crippen LogP contribution in [0.1, 0.15) is 22.0 Å². The molecule has 0 N–H and O–H groups in total. The minimum Gasteiger partial charge on any atom is -0.497 e. The average molecular weight is 369 g/mol. The molecule has 0 spiro atoms. The van der Waals surface area contributed by atoms with Crippen molar-refractivity contribution < 1.29 is 28.7 Å². The highest BCUT2D eigenvalue weighted by Crippen LogP contribution is 2.40. The molecular weight excluding hydrogens is 354 g/mol. The van der Waals surface area contributed by atoms with Crippen LogP contribution in [-0.2, 0) is 14.3 Å². The number of carbonyl (C=O) groups is 2. The van der Waals surface area contributed by atoms with Gasteiger partial charge in [0, 0.05) is 11.6 Å². The third kappa shape index (κ3) is 3.24. The number of nitro benzene ring substituents is 1. The fraction of sp³-hybridized carbons (Fsp3) is 0.158. The molecule has 1 aliphatic heterocycles. The predicted molar refractivity (Wildman–Crippen MR) is 93.3 cm³/mol. The van der Waals surface area contributed by atoms with Crippen LogP contribution in [0.15, 0.2) is 59.9 Å². The number of benzene rings is 2. The van der Waals surface area contributed by atoms with E-state index in [0.29, 0.717) is 5.75 Å². The summed E-state index contributed by atoms with van der Waals surface area (Å²) in [5.41, 5.74) is 0.0247. The third-order valence-electron chi connectivity index (χ3n) is 4.13. The van der Waals surface area contributed by atoms with Crippen molar-refractivity contribution in [1.29, 1.82) is 0 Å². The molecule has 2 aromatic rings. The van der Waals surface area contributed by atoms with Crippen LogP contribution in [-0.4, -0.2) is 30.9 Å². The first-order chi connectivity index (χ1) is 13.0. The molecule has 0 aromatic heterocycles. The lowest BCUT2D eigenvalue weighted by Crippen LogP contribution is -2.13. The summed E-state index contributed by atoms with van der Waals surface area (Å²) in [6.45, 7) is 0. The van der Waals surface area contributed by atoms with Crippen molar-refractivity contribution in [3.63, 3.8) is 0 Å². The topological polar surface area (TPSA) is 105 Å². The van der Waals surface area contributed by atoms with E-state index in [2.05, 4.69) is 0 Å². The van der Waals surface area contributed by atoms with Crippen LogP contribution in [0.2, 0.25) is 0 Å². The Labute approximate surface area is 154 Å². The first-order valence-electron chi connectivity index (χ1n) is 7.89. The molecular formula is C19H15NO7. The van der Waals surface area contributed by atoms with Gasteiger partial charge in [0.25, 0.3) is 5.69 Å². The van der Waals surface area contributed by atoms with Gasteiger partial charge in [-0.3, -0.25) is 14.9 Å². The molecule has 138 valence electrons. The van der Waals surface area contributed by atoms with Gasteiger partial charge in [-0.2, -0.15) is 0 Å². The Morgan fingerprint density at radius 3 is 2.33 bits per heavy atom. The van der Waals surface area contributed by atoms with Crippen molar-refractivity contribution in [1.82, 2.24) is 0 Å². The highest BCUT2D eigenvalue weighted by molar-refractivity contribution is 6.14. The smallest absolute Gasteiger partial charge is 0.375 e. The van der Waals surface area contributed by atoms with Crippen molar-refractivity contribution in [2.75, 3.05) is 14.2 Å². The first-order valence-corrected chi connectivity index (χ1v) is 7.89. The number of nitro groups is 1. The van der Waals surface area contributed by atoms with E-state index in [9.17, 15) is 19.7 Å². The summed E-state index contributed by atoms with van der Waals surface area (Å²) in [4.78, 5) is 36.0. The SMILES string of the molecule is COC1=C(C(=O)c2ccc(OC)cc2)C(c2ccccc2[N+](=O)[O-])OC1=O. The van der Waals surface area contributed by atoms with Gasteiger partial charge in [-0.15, -0.1) is 0 Å². The summed E-state index contributed by atoms with van der Waals surface area (Å²) >= 11 is 0. The Hall–Kier alpha value is -3.68. The van der Waals surface area contributed by atoms with Gasteiger partial charge in [-0.05, 0) is 30.3 Å². The average Bonchev–Trinajstić information content (AvgIpc) is 3.03. The monoisotopic (exact) mass is 369 g/mol. The Kier molecular flexibility index (Phi) is 4.89. The molecule has 0 saturated heterocycles. The lowest BCUT2D eigenvalue weighted by Gasteiger charge is -2.14. The van der Waals surface area contributed by atoms with E-state index in [1.165, 1.54) is 44.6 Å². The number of carbonyl (C=O) groups excluding carboxylic acids is 2. The number of ketones is 1. The Morgan fingerprint density at radius 1 is 1.07 bits per heavy atom. The van der Waals surface area contributed by atoms with Crippen molar-refractivity contribution in [2.24, 2.45) is 0 Å². The number of rotatable bonds is 6. The van der Waals surface area contributed by atoms with Crippen LogP contribution in [0, 0.1) is 10.1 Å². The van der Waals surface area contributed by atoms with Gasteiger partial charge in [0.2, 0.25) is 5.76 Å². The van der Waals surface area contributed by atoms with Gasteiger partial charge in [0.05, 0.1) is 30.3 Å². The van der Waals surface area contributed by atoms with E-state index in [1.54, 1.807) is 18.2 Å². The van der Waals surface area contributed by atoms with E-state index in [1.807, 2.05) is 0 Å². The Balaban J connectivity index is 2.10. The van der Waals surface area contributed by atoms with Crippen LogP contribution in [0.4, 0.5) is 5.69 Å². The van der Waals surface area contributed by atoms with Crippen molar-refractivity contribution in [3.8, 4) is 5.75 Å². The van der Waals surface area contributed by atoms with E-state index in [-0.39, 0.29) is 28.1 Å². The fourth-order valence-electron chi connectivity index (χ4n) is 2.86. The quantitative estimate of drug-likeness (QED) is 0.333. The lowest BCUT2D eigenvalue weighted by atomic mass is 9.93. The second kappa shape index (κ2) is 7.28. The van der Waals surface area contributed by atoms with Gasteiger partial charge in [0.1, 0.15) is 5.75 Å². The summed E-state index contributed by atoms with van der Waals surface area (Å²) in [6, 6.07) is 12.0. The Bertz CT molecular complexity index is 947. The maximum atomic E-state index is 13.0. The zero-order chi connectivity index (χ0) is 19.6. The number of hydrogen-bond donors (Lipinski definition) is 0. The van der Waals surface area contributed by atoms with Gasteiger partial charge < -0.3 is 14.2 Å². The number of cyclic esters (lactones) is 1. The van der Waals surface area contributed by atoms with E-state index in [0.717, 1.165) is 0 Å². The number of para-hydroxylation sites is 1. The number of nitrogens with zero attached hydrogens (tertiary/aromatic N) is 1. The molecule has 2 aromatic carbocycles. The number of methoxy groups -OCH3 is 2. The zero-order valence-electron chi connectivity index (χ0n) is 14.5. The standard InChI is InChI=1S/C19H15NO7/c1-25-12-9-7-11(8-10-12)16(21)15-17(27-19(22)18(15)26-2)13-5-3-4-6-14(13)20(23)24/h3-10,17H,1-2H3. The molecule has 0 fully saturated rings. The number of ether oxygens (including phenoxy) is 3. The van der Waals surface area contributed by atoms with Crippen LogP contribution in [0.5, 0.6) is 5.75 Å². The highest BCUT2D eigenvalue weighted by Gasteiger charge is 2.43. The van der Waals surface area contributed by atoms with Crippen LogP contribution >= 0.6 is 0 Å². The lowest BCUT2D eigenvalue weighted by molar-refractivity contribution is -0.386. The van der Waals surface area contributed by atoms with Crippen LogP contribution in [0.25, 0.3) is 0 Å². The van der Waals surface area contributed by atoms with Crippen molar-refractivity contribution in [3.05, 3.63) is 81.1 Å². The summed E-state index contributed by atoms with van der Waals surface area (Å²) in [5, 5.41) is 11.3. The van der Waals surface area contributed by atoms with Crippen LogP contribution < -0.4 is 4.74 Å². The summed E-state index contributed by atoms with van der Waals surface area (Å²) in [5.74, 6) is -1.08. The molecule has 0 bridgehead atoms. The molecule has 0 saturated carbocycles. The number of Topliss-reactive ketones (excluding diaryl/α,β-unsaturated/α-hetero) is 1. The minimum atomic E-state index is -1.23. The molecule has 0 radical (unpaired) electrons. The van der Waals surface area contributed by atoms with E-state index < -0.39 is 22.8 Å². The molecule has 8 nitrogen and oxygen atoms in total. The van der Waals surface area contributed by atoms with Crippen molar-refractivity contribution >= 4 is 17.4 Å². The zero-order valence-corrected chi connectivity index (χ0v) is 14.5. The molecule has 1 heterocycles.